The van der Waals surface area contributed by atoms with Crippen molar-refractivity contribution in [2.75, 3.05) is 7.11 Å². The maximum Gasteiger partial charge on any atom is 0.119 e. The van der Waals surface area contributed by atoms with Gasteiger partial charge in [-0.1, -0.05) is 12.1 Å². The van der Waals surface area contributed by atoms with Gasteiger partial charge in [0.2, 0.25) is 0 Å². The largest absolute Gasteiger partial charge is 0.508 e. The quantitative estimate of drug-likeness (QED) is 0.536. The summed E-state index contributed by atoms with van der Waals surface area (Å²) < 4.78 is 7.73. The zero-order valence-corrected chi connectivity index (χ0v) is 11.7. The van der Waals surface area contributed by atoms with E-state index in [1.54, 1.807) is 24.5 Å². The van der Waals surface area contributed by atoms with E-state index >= 15 is 0 Å². The van der Waals surface area contributed by atoms with E-state index in [2.05, 4.69) is 24.3 Å². The van der Waals surface area contributed by atoms with Gasteiger partial charge in [0.25, 0.3) is 0 Å². The lowest BCUT2D eigenvalue weighted by molar-refractivity contribution is 0.415. The molecule has 0 bridgehead atoms. The van der Waals surface area contributed by atoms with Gasteiger partial charge in [0.1, 0.15) is 11.5 Å². The molecule has 0 saturated carbocycles. The molecule has 0 unspecified atom stereocenters. The Morgan fingerprint density at radius 1 is 0.900 bits per heavy atom. The fourth-order valence-corrected chi connectivity index (χ4v) is 3.87. The number of phenols is 1. The lowest BCUT2D eigenvalue weighted by atomic mass is 10.1. The summed E-state index contributed by atoms with van der Waals surface area (Å²) in [5.74, 6) is 1.18. The Hall–Kier alpha value is -2.26. The number of methoxy groups -OCH3 is 1. The van der Waals surface area contributed by atoms with E-state index in [1.165, 1.54) is 25.6 Å². The molecular formula is C17H12O2S. The summed E-state index contributed by atoms with van der Waals surface area (Å²) >= 11 is 1.76. The first-order chi connectivity index (χ1) is 9.76. The first-order valence-corrected chi connectivity index (χ1v) is 7.20. The van der Waals surface area contributed by atoms with E-state index in [1.807, 2.05) is 18.2 Å². The Balaban J connectivity index is 2.16. The minimum absolute atomic E-state index is 0.312. The SMILES string of the molecule is COc1ccc2c(ccc3c4cc(O)ccc4sc23)c1. The van der Waals surface area contributed by atoms with Crippen LogP contribution in [0, 0.1) is 0 Å². The number of aromatic hydroxyl groups is 1. The van der Waals surface area contributed by atoms with E-state index in [0.29, 0.717) is 5.75 Å². The van der Waals surface area contributed by atoms with Gasteiger partial charge in [-0.15, -0.1) is 11.3 Å². The van der Waals surface area contributed by atoms with Crippen LogP contribution in [-0.2, 0) is 0 Å². The van der Waals surface area contributed by atoms with E-state index in [4.69, 9.17) is 4.74 Å². The average Bonchev–Trinajstić information content (AvgIpc) is 2.84. The number of thiophene rings is 1. The van der Waals surface area contributed by atoms with Crippen LogP contribution in [0.5, 0.6) is 11.5 Å². The van der Waals surface area contributed by atoms with E-state index < -0.39 is 0 Å². The molecule has 20 heavy (non-hydrogen) atoms. The van der Waals surface area contributed by atoms with Crippen LogP contribution >= 0.6 is 11.3 Å². The highest BCUT2D eigenvalue weighted by molar-refractivity contribution is 7.26. The summed E-state index contributed by atoms with van der Waals surface area (Å²) in [5, 5.41) is 14.4. The monoisotopic (exact) mass is 280 g/mol. The normalized spacial score (nSPS) is 11.4. The van der Waals surface area contributed by atoms with Gasteiger partial charge in [0.15, 0.2) is 0 Å². The van der Waals surface area contributed by atoms with E-state index in [9.17, 15) is 5.11 Å². The zero-order valence-electron chi connectivity index (χ0n) is 10.9. The summed E-state index contributed by atoms with van der Waals surface area (Å²) in [6, 6.07) is 15.9. The molecule has 0 spiro atoms. The van der Waals surface area contributed by atoms with Gasteiger partial charge in [-0.3, -0.25) is 0 Å². The summed E-state index contributed by atoms with van der Waals surface area (Å²) in [4.78, 5) is 0. The molecule has 3 aromatic carbocycles. The number of ether oxygens (including phenoxy) is 1. The molecule has 3 heteroatoms. The van der Waals surface area contributed by atoms with Crippen LogP contribution in [-0.4, -0.2) is 12.2 Å². The van der Waals surface area contributed by atoms with E-state index in [-0.39, 0.29) is 0 Å². The molecule has 1 heterocycles. The molecule has 0 amide bonds. The van der Waals surface area contributed by atoms with Crippen LogP contribution in [0.1, 0.15) is 0 Å². The second-order valence-electron chi connectivity index (χ2n) is 4.81. The predicted molar refractivity (Wildman–Crippen MR) is 85.1 cm³/mol. The lowest BCUT2D eigenvalue weighted by Gasteiger charge is -2.03. The Bertz CT molecular complexity index is 953. The van der Waals surface area contributed by atoms with E-state index in [0.717, 1.165) is 11.1 Å². The molecule has 0 fully saturated rings. The Morgan fingerprint density at radius 2 is 1.75 bits per heavy atom. The number of phenolic OH excluding ortho intramolecular Hbond substituents is 1. The van der Waals surface area contributed by atoms with Crippen LogP contribution in [0.3, 0.4) is 0 Å². The van der Waals surface area contributed by atoms with Crippen LogP contribution in [0.4, 0.5) is 0 Å². The molecule has 0 radical (unpaired) electrons. The highest BCUT2D eigenvalue weighted by Gasteiger charge is 2.09. The smallest absolute Gasteiger partial charge is 0.119 e. The van der Waals surface area contributed by atoms with Crippen LogP contribution < -0.4 is 4.74 Å². The molecule has 0 aliphatic carbocycles. The fraction of sp³-hybridized carbons (Fsp3) is 0.0588. The molecule has 0 aliphatic heterocycles. The molecule has 0 saturated heterocycles. The molecular weight excluding hydrogens is 268 g/mol. The summed E-state index contributed by atoms with van der Waals surface area (Å²) in [7, 11) is 1.68. The first kappa shape index (κ1) is 11.6. The molecule has 0 atom stereocenters. The van der Waals surface area contributed by atoms with Gasteiger partial charge in [0, 0.05) is 20.2 Å². The van der Waals surface area contributed by atoms with Crippen molar-refractivity contribution in [3.05, 3.63) is 48.5 Å². The minimum atomic E-state index is 0.312. The van der Waals surface area contributed by atoms with Crippen molar-refractivity contribution < 1.29 is 9.84 Å². The Morgan fingerprint density at radius 3 is 2.60 bits per heavy atom. The van der Waals surface area contributed by atoms with Crippen molar-refractivity contribution in [3.8, 4) is 11.5 Å². The number of fused-ring (bicyclic) bond motifs is 5. The zero-order chi connectivity index (χ0) is 13.7. The molecule has 2 nitrogen and oxygen atoms in total. The van der Waals surface area contributed by atoms with Crippen LogP contribution in [0.25, 0.3) is 30.9 Å². The molecule has 98 valence electrons. The van der Waals surface area contributed by atoms with Gasteiger partial charge in [-0.25, -0.2) is 0 Å². The van der Waals surface area contributed by atoms with Gasteiger partial charge in [-0.2, -0.15) is 0 Å². The third-order valence-electron chi connectivity index (χ3n) is 3.64. The molecule has 1 N–H and O–H groups in total. The summed E-state index contributed by atoms with van der Waals surface area (Å²) in [6.07, 6.45) is 0. The highest BCUT2D eigenvalue weighted by atomic mass is 32.1. The average molecular weight is 280 g/mol. The predicted octanol–water partition coefficient (Wildman–Crippen LogP) is 4.92. The third kappa shape index (κ3) is 1.57. The fourth-order valence-electron chi connectivity index (χ4n) is 2.66. The van der Waals surface area contributed by atoms with Crippen LogP contribution in [0.2, 0.25) is 0 Å². The number of hydrogen-bond acceptors (Lipinski definition) is 3. The number of hydrogen-bond donors (Lipinski definition) is 1. The van der Waals surface area contributed by atoms with Crippen LogP contribution in [0.15, 0.2) is 48.5 Å². The van der Waals surface area contributed by atoms with Crippen molar-refractivity contribution in [2.45, 2.75) is 0 Å². The molecule has 0 aliphatic rings. The molecule has 1 aromatic heterocycles. The maximum atomic E-state index is 9.68. The lowest BCUT2D eigenvalue weighted by Crippen LogP contribution is -1.82. The van der Waals surface area contributed by atoms with Gasteiger partial charge >= 0.3 is 0 Å². The number of rotatable bonds is 1. The topological polar surface area (TPSA) is 29.5 Å². The standard InChI is InChI=1S/C17H12O2S/c1-19-12-4-6-13-10(8-12)2-5-14-15-9-11(18)3-7-16(15)20-17(13)14/h2-9,18H,1H3. The van der Waals surface area contributed by atoms with Crippen molar-refractivity contribution in [2.24, 2.45) is 0 Å². The molecule has 4 aromatic rings. The van der Waals surface area contributed by atoms with Gasteiger partial charge in [0.05, 0.1) is 7.11 Å². The van der Waals surface area contributed by atoms with Crippen molar-refractivity contribution in [1.29, 1.82) is 0 Å². The highest BCUT2D eigenvalue weighted by Crippen LogP contribution is 2.40. The van der Waals surface area contributed by atoms with Crippen molar-refractivity contribution in [3.63, 3.8) is 0 Å². The van der Waals surface area contributed by atoms with Gasteiger partial charge in [-0.05, 0) is 47.2 Å². The maximum absolute atomic E-state index is 9.68. The first-order valence-electron chi connectivity index (χ1n) is 6.38. The summed E-state index contributed by atoms with van der Waals surface area (Å²) in [6.45, 7) is 0. The number of benzene rings is 3. The second kappa shape index (κ2) is 4.12. The van der Waals surface area contributed by atoms with Crippen molar-refractivity contribution in [1.82, 2.24) is 0 Å². The summed E-state index contributed by atoms with van der Waals surface area (Å²) in [5.41, 5.74) is 0. The van der Waals surface area contributed by atoms with Crippen molar-refractivity contribution >= 4 is 42.3 Å². The Labute approximate surface area is 119 Å². The molecule has 4 rings (SSSR count). The Kier molecular flexibility index (Phi) is 2.38. The minimum Gasteiger partial charge on any atom is -0.508 e. The third-order valence-corrected chi connectivity index (χ3v) is 4.86. The van der Waals surface area contributed by atoms with Gasteiger partial charge < -0.3 is 9.84 Å². The second-order valence-corrected chi connectivity index (χ2v) is 5.86.